The zero-order valence-corrected chi connectivity index (χ0v) is 12.5. The highest BCUT2D eigenvalue weighted by molar-refractivity contribution is 7.11. The van der Waals surface area contributed by atoms with Crippen LogP contribution >= 0.6 is 11.3 Å². The van der Waals surface area contributed by atoms with E-state index in [2.05, 4.69) is 10.3 Å². The average Bonchev–Trinajstić information content (AvgIpc) is 2.71. The fourth-order valence-corrected chi connectivity index (χ4v) is 3.08. The van der Waals surface area contributed by atoms with Crippen LogP contribution in [0.3, 0.4) is 0 Å². The molecule has 1 aromatic rings. The topological polar surface area (TPSA) is 62.3 Å². The molecule has 1 N–H and O–H groups in total. The average molecular weight is 281 g/mol. The first-order chi connectivity index (χ1) is 8.85. The number of aromatic nitrogens is 1. The van der Waals surface area contributed by atoms with Gasteiger partial charge in [0.05, 0.1) is 6.54 Å². The first kappa shape index (κ1) is 14.0. The lowest BCUT2D eigenvalue weighted by atomic mass is 9.96. The number of hydrogen-bond acceptors (Lipinski definition) is 4. The molecule has 0 bridgehead atoms. The maximum Gasteiger partial charge on any atom is 0.248 e. The molecule has 1 aromatic heterocycles. The summed E-state index contributed by atoms with van der Waals surface area (Å²) in [4.78, 5) is 31.6. The van der Waals surface area contributed by atoms with Gasteiger partial charge in [-0.25, -0.2) is 4.98 Å². The molecule has 104 valence electrons. The predicted octanol–water partition coefficient (Wildman–Crippen LogP) is 1.47. The molecule has 1 atom stereocenters. The predicted molar refractivity (Wildman–Crippen MR) is 73.7 cm³/mol. The molecule has 1 aliphatic rings. The Bertz CT molecular complexity index is 510. The van der Waals surface area contributed by atoms with Gasteiger partial charge in [0.15, 0.2) is 0 Å². The summed E-state index contributed by atoms with van der Waals surface area (Å²) in [5, 5.41) is 3.65. The van der Waals surface area contributed by atoms with Crippen molar-refractivity contribution < 1.29 is 9.59 Å². The second kappa shape index (κ2) is 4.92. The molecule has 0 radical (unpaired) electrons. The fraction of sp³-hybridized carbons (Fsp3) is 0.615. The Labute approximate surface area is 117 Å². The number of hydrogen-bond donors (Lipinski definition) is 1. The summed E-state index contributed by atoms with van der Waals surface area (Å²) in [5.41, 5.74) is -0.838. The van der Waals surface area contributed by atoms with E-state index in [4.69, 9.17) is 0 Å². The van der Waals surface area contributed by atoms with Gasteiger partial charge in [0.1, 0.15) is 16.6 Å². The molecule has 5 nitrogen and oxygen atoms in total. The molecule has 0 aliphatic carbocycles. The summed E-state index contributed by atoms with van der Waals surface area (Å²) in [6.07, 6.45) is 2.40. The van der Waals surface area contributed by atoms with Crippen molar-refractivity contribution in [2.24, 2.45) is 0 Å². The molecule has 0 spiro atoms. The molecule has 2 rings (SSSR count). The second-order valence-corrected chi connectivity index (χ2v) is 6.66. The largest absolute Gasteiger partial charge is 0.340 e. The van der Waals surface area contributed by atoms with Crippen LogP contribution < -0.4 is 5.32 Å². The summed E-state index contributed by atoms with van der Waals surface area (Å²) in [6.45, 7) is 7.77. The molecule has 2 amide bonds. The minimum absolute atomic E-state index is 0.0493. The molecule has 19 heavy (non-hydrogen) atoms. The maximum absolute atomic E-state index is 12.5. The van der Waals surface area contributed by atoms with Crippen LogP contribution in [0.4, 0.5) is 0 Å². The van der Waals surface area contributed by atoms with Crippen LogP contribution in [0.25, 0.3) is 0 Å². The molecular formula is C13H19N3O2S. The molecule has 1 unspecified atom stereocenters. The van der Waals surface area contributed by atoms with Crippen LogP contribution in [0.5, 0.6) is 0 Å². The highest BCUT2D eigenvalue weighted by atomic mass is 32.1. The van der Waals surface area contributed by atoms with E-state index in [1.807, 2.05) is 13.8 Å². The van der Waals surface area contributed by atoms with E-state index < -0.39 is 11.6 Å². The number of aryl methyl sites for hydroxylation is 1. The number of piperazine rings is 1. The third-order valence-electron chi connectivity index (χ3n) is 3.27. The van der Waals surface area contributed by atoms with Crippen molar-refractivity contribution >= 4 is 23.2 Å². The van der Waals surface area contributed by atoms with Gasteiger partial charge in [-0.1, -0.05) is 6.92 Å². The Morgan fingerprint density at radius 1 is 1.47 bits per heavy atom. The van der Waals surface area contributed by atoms with Crippen molar-refractivity contribution in [3.63, 3.8) is 0 Å². The summed E-state index contributed by atoms with van der Waals surface area (Å²) >= 11 is 1.56. The van der Waals surface area contributed by atoms with Crippen LogP contribution in [-0.4, -0.2) is 33.3 Å². The highest BCUT2D eigenvalue weighted by Gasteiger charge is 2.44. The van der Waals surface area contributed by atoms with Gasteiger partial charge in [-0.05, 0) is 27.2 Å². The van der Waals surface area contributed by atoms with E-state index in [9.17, 15) is 9.59 Å². The molecular weight excluding hydrogens is 262 g/mol. The number of amides is 2. The van der Waals surface area contributed by atoms with Gasteiger partial charge < -0.3 is 10.2 Å². The molecule has 1 saturated heterocycles. The van der Waals surface area contributed by atoms with Crippen molar-refractivity contribution in [2.75, 3.05) is 0 Å². The van der Waals surface area contributed by atoms with E-state index in [0.29, 0.717) is 13.0 Å². The van der Waals surface area contributed by atoms with Crippen LogP contribution in [0, 0.1) is 6.92 Å². The van der Waals surface area contributed by atoms with Gasteiger partial charge in [0, 0.05) is 11.1 Å². The zero-order chi connectivity index (χ0) is 14.2. The maximum atomic E-state index is 12.5. The summed E-state index contributed by atoms with van der Waals surface area (Å²) in [6, 6.07) is -0.398. The van der Waals surface area contributed by atoms with Crippen molar-refractivity contribution in [1.29, 1.82) is 0 Å². The smallest absolute Gasteiger partial charge is 0.248 e. The molecule has 1 fully saturated rings. The van der Waals surface area contributed by atoms with Crippen molar-refractivity contribution in [1.82, 2.24) is 15.2 Å². The SMILES string of the molecule is CCC1C(=O)NC(C)(C)C(=O)N1Cc1ncc(C)s1. The van der Waals surface area contributed by atoms with Crippen LogP contribution in [-0.2, 0) is 16.1 Å². The quantitative estimate of drug-likeness (QED) is 0.912. The van der Waals surface area contributed by atoms with Crippen LogP contribution in [0.2, 0.25) is 0 Å². The Kier molecular flexibility index (Phi) is 3.62. The first-order valence-electron chi connectivity index (χ1n) is 6.39. The van der Waals surface area contributed by atoms with Gasteiger partial charge >= 0.3 is 0 Å². The summed E-state index contributed by atoms with van der Waals surface area (Å²) in [7, 11) is 0. The third kappa shape index (κ3) is 2.63. The second-order valence-electron chi connectivity index (χ2n) is 5.34. The molecule has 0 aromatic carbocycles. The summed E-state index contributed by atoms with van der Waals surface area (Å²) in [5.74, 6) is -0.132. The normalized spacial score (nSPS) is 22.5. The zero-order valence-electron chi connectivity index (χ0n) is 11.7. The Morgan fingerprint density at radius 3 is 2.68 bits per heavy atom. The van der Waals surface area contributed by atoms with Gasteiger partial charge in [-0.15, -0.1) is 11.3 Å². The first-order valence-corrected chi connectivity index (χ1v) is 7.21. The fourth-order valence-electron chi connectivity index (χ4n) is 2.29. The number of carbonyl (C=O) groups is 2. The van der Waals surface area contributed by atoms with E-state index in [0.717, 1.165) is 9.88 Å². The number of carbonyl (C=O) groups excluding carboxylic acids is 2. The van der Waals surface area contributed by atoms with Crippen LogP contribution in [0.15, 0.2) is 6.20 Å². The van der Waals surface area contributed by atoms with Gasteiger partial charge in [-0.2, -0.15) is 0 Å². The Hall–Kier alpha value is -1.43. The number of rotatable bonds is 3. The van der Waals surface area contributed by atoms with E-state index in [1.54, 1.807) is 36.3 Å². The Balaban J connectivity index is 2.27. The lowest BCUT2D eigenvalue weighted by molar-refractivity contribution is -0.154. The van der Waals surface area contributed by atoms with E-state index in [-0.39, 0.29) is 11.8 Å². The lowest BCUT2D eigenvalue weighted by Crippen LogP contribution is -2.67. The molecule has 6 heteroatoms. The number of nitrogens with one attached hydrogen (secondary N) is 1. The third-order valence-corrected chi connectivity index (χ3v) is 4.17. The van der Waals surface area contributed by atoms with Crippen molar-refractivity contribution in [3.05, 3.63) is 16.1 Å². The Morgan fingerprint density at radius 2 is 2.16 bits per heavy atom. The molecule has 0 saturated carbocycles. The van der Waals surface area contributed by atoms with Crippen LogP contribution in [0.1, 0.15) is 37.1 Å². The number of nitrogens with zero attached hydrogens (tertiary/aromatic N) is 2. The van der Waals surface area contributed by atoms with Crippen molar-refractivity contribution in [3.8, 4) is 0 Å². The number of thiazole rings is 1. The standard InChI is InChI=1S/C13H19N3O2S/c1-5-9-11(17)15-13(3,4)12(18)16(9)7-10-14-6-8(2)19-10/h6,9H,5,7H2,1-4H3,(H,15,17). The van der Waals surface area contributed by atoms with E-state index in [1.165, 1.54) is 0 Å². The minimum atomic E-state index is -0.838. The highest BCUT2D eigenvalue weighted by Crippen LogP contribution is 2.23. The van der Waals surface area contributed by atoms with E-state index >= 15 is 0 Å². The van der Waals surface area contributed by atoms with Crippen molar-refractivity contribution in [2.45, 2.75) is 52.2 Å². The summed E-state index contributed by atoms with van der Waals surface area (Å²) < 4.78 is 0. The van der Waals surface area contributed by atoms with Gasteiger partial charge in [0.2, 0.25) is 11.8 Å². The lowest BCUT2D eigenvalue weighted by Gasteiger charge is -2.42. The van der Waals surface area contributed by atoms with Gasteiger partial charge in [-0.3, -0.25) is 9.59 Å². The monoisotopic (exact) mass is 281 g/mol. The molecule has 2 heterocycles. The molecule has 1 aliphatic heterocycles. The van der Waals surface area contributed by atoms with Gasteiger partial charge in [0.25, 0.3) is 0 Å². The minimum Gasteiger partial charge on any atom is -0.340 e.